The van der Waals surface area contributed by atoms with E-state index in [9.17, 15) is 13.2 Å². The van der Waals surface area contributed by atoms with E-state index >= 15 is 0 Å². The minimum absolute atomic E-state index is 0.0222. The molecule has 1 N–H and O–H groups in total. The predicted octanol–water partition coefficient (Wildman–Crippen LogP) is 4.61. The van der Waals surface area contributed by atoms with Gasteiger partial charge >= 0.3 is 0 Å². The number of aryl methyl sites for hydroxylation is 1. The minimum Gasteiger partial charge on any atom is -0.497 e. The molecule has 0 aliphatic heterocycles. The van der Waals surface area contributed by atoms with Gasteiger partial charge in [0.1, 0.15) is 22.9 Å². The van der Waals surface area contributed by atoms with Crippen molar-refractivity contribution in [1.29, 1.82) is 0 Å². The van der Waals surface area contributed by atoms with Crippen LogP contribution in [0.3, 0.4) is 0 Å². The molecular weight excluding hydrogens is 496 g/mol. The summed E-state index contributed by atoms with van der Waals surface area (Å²) < 4.78 is 39.7. The van der Waals surface area contributed by atoms with Crippen LogP contribution < -0.4 is 19.1 Å². The van der Waals surface area contributed by atoms with Gasteiger partial charge in [0.15, 0.2) is 0 Å². The lowest BCUT2D eigenvalue weighted by Crippen LogP contribution is -2.38. The molecule has 7 nitrogen and oxygen atoms in total. The second-order valence-electron chi connectivity index (χ2n) is 6.92. The van der Waals surface area contributed by atoms with Gasteiger partial charge in [0.2, 0.25) is 5.91 Å². The number of benzene rings is 3. The van der Waals surface area contributed by atoms with Gasteiger partial charge in [-0.1, -0.05) is 28.1 Å². The molecule has 0 spiro atoms. The molecule has 0 radical (unpaired) electrons. The minimum atomic E-state index is -4.14. The topological polar surface area (TPSA) is 84.9 Å². The number of anilines is 2. The fourth-order valence-corrected chi connectivity index (χ4v) is 5.13. The maximum atomic E-state index is 13.7. The highest BCUT2D eigenvalue weighted by Gasteiger charge is 2.30. The molecule has 9 heteroatoms. The Kier molecular flexibility index (Phi) is 7.42. The van der Waals surface area contributed by atoms with Crippen molar-refractivity contribution in [2.24, 2.45) is 0 Å². The summed E-state index contributed by atoms with van der Waals surface area (Å²) in [6.07, 6.45) is 0. The van der Waals surface area contributed by atoms with Crippen molar-refractivity contribution >= 4 is 43.2 Å². The van der Waals surface area contributed by atoms with Crippen LogP contribution in [0.4, 0.5) is 11.4 Å². The molecule has 0 aromatic heterocycles. The summed E-state index contributed by atoms with van der Waals surface area (Å²) in [6, 6.07) is 18.4. The number of methoxy groups -OCH3 is 2. The fraction of sp³-hybridized carbons (Fsp3) is 0.174. The highest BCUT2D eigenvalue weighted by molar-refractivity contribution is 9.10. The largest absolute Gasteiger partial charge is 0.497 e. The third kappa shape index (κ3) is 5.41. The lowest BCUT2D eigenvalue weighted by Gasteiger charge is -2.25. The summed E-state index contributed by atoms with van der Waals surface area (Å²) in [7, 11) is -1.21. The summed E-state index contributed by atoms with van der Waals surface area (Å²) in [5.74, 6) is 0.272. The van der Waals surface area contributed by atoms with E-state index < -0.39 is 22.5 Å². The van der Waals surface area contributed by atoms with E-state index in [4.69, 9.17) is 9.47 Å². The van der Waals surface area contributed by atoms with Gasteiger partial charge in [-0.2, -0.15) is 0 Å². The quantitative estimate of drug-likeness (QED) is 0.470. The number of amides is 1. The van der Waals surface area contributed by atoms with Crippen molar-refractivity contribution in [3.05, 3.63) is 76.8 Å². The SMILES string of the molecule is COc1ccc(N(CC(=O)Nc2cccc(Br)c2)S(=O)(=O)c2cc(C)ccc2OC)cc1. The Bertz CT molecular complexity index is 1210. The summed E-state index contributed by atoms with van der Waals surface area (Å²) >= 11 is 3.35. The van der Waals surface area contributed by atoms with Crippen LogP contribution in [0.25, 0.3) is 0 Å². The molecule has 0 aliphatic rings. The van der Waals surface area contributed by atoms with Crippen molar-refractivity contribution in [2.75, 3.05) is 30.4 Å². The number of rotatable bonds is 8. The van der Waals surface area contributed by atoms with Gasteiger partial charge in [-0.05, 0) is 67.1 Å². The number of nitrogens with one attached hydrogen (secondary N) is 1. The van der Waals surface area contributed by atoms with E-state index in [0.717, 1.165) is 14.3 Å². The maximum absolute atomic E-state index is 13.7. The van der Waals surface area contributed by atoms with Crippen LogP contribution in [0.2, 0.25) is 0 Å². The molecule has 3 aromatic rings. The highest BCUT2D eigenvalue weighted by Crippen LogP contribution is 2.31. The number of nitrogens with zero attached hydrogens (tertiary/aromatic N) is 1. The monoisotopic (exact) mass is 518 g/mol. The van der Waals surface area contributed by atoms with Gasteiger partial charge in [0.05, 0.1) is 19.9 Å². The smallest absolute Gasteiger partial charge is 0.268 e. The first-order valence-corrected chi connectivity index (χ1v) is 11.8. The van der Waals surface area contributed by atoms with E-state index in [0.29, 0.717) is 17.1 Å². The van der Waals surface area contributed by atoms with E-state index in [1.54, 1.807) is 61.5 Å². The molecule has 32 heavy (non-hydrogen) atoms. The number of hydrogen-bond acceptors (Lipinski definition) is 5. The van der Waals surface area contributed by atoms with Gasteiger partial charge in [0, 0.05) is 10.2 Å². The molecule has 0 atom stereocenters. The van der Waals surface area contributed by atoms with Crippen LogP contribution in [0, 0.1) is 6.92 Å². The second kappa shape index (κ2) is 10.1. The second-order valence-corrected chi connectivity index (χ2v) is 9.67. The van der Waals surface area contributed by atoms with Crippen LogP contribution >= 0.6 is 15.9 Å². The number of carbonyl (C=O) groups is 1. The molecular formula is C23H23BrN2O5S. The Morgan fingerprint density at radius 2 is 1.72 bits per heavy atom. The van der Waals surface area contributed by atoms with Crippen molar-refractivity contribution < 1.29 is 22.7 Å². The highest BCUT2D eigenvalue weighted by atomic mass is 79.9. The number of sulfonamides is 1. The summed E-state index contributed by atoms with van der Waals surface area (Å²) in [5, 5.41) is 2.74. The van der Waals surface area contributed by atoms with Crippen LogP contribution in [0.5, 0.6) is 11.5 Å². The Morgan fingerprint density at radius 1 is 1.00 bits per heavy atom. The van der Waals surface area contributed by atoms with E-state index in [-0.39, 0.29) is 10.6 Å². The molecule has 0 bridgehead atoms. The predicted molar refractivity (Wildman–Crippen MR) is 128 cm³/mol. The Hall–Kier alpha value is -3.04. The maximum Gasteiger partial charge on any atom is 0.268 e. The lowest BCUT2D eigenvalue weighted by atomic mass is 10.2. The molecule has 0 fully saturated rings. The van der Waals surface area contributed by atoms with Crippen molar-refractivity contribution in [2.45, 2.75) is 11.8 Å². The lowest BCUT2D eigenvalue weighted by molar-refractivity contribution is -0.114. The first-order chi connectivity index (χ1) is 15.2. The zero-order valence-electron chi connectivity index (χ0n) is 17.8. The zero-order valence-corrected chi connectivity index (χ0v) is 20.2. The number of hydrogen-bond donors (Lipinski definition) is 1. The Morgan fingerprint density at radius 3 is 2.34 bits per heavy atom. The standard InChI is InChI=1S/C23H23BrN2O5S/c1-16-7-12-21(31-3)22(13-16)32(28,29)26(19-8-10-20(30-2)11-9-19)15-23(27)25-18-6-4-5-17(24)14-18/h4-14H,15H2,1-3H3,(H,25,27). The third-order valence-corrected chi connectivity index (χ3v) is 6.93. The summed E-state index contributed by atoms with van der Waals surface area (Å²) in [4.78, 5) is 12.8. The molecule has 0 aliphatic carbocycles. The van der Waals surface area contributed by atoms with Crippen LogP contribution in [0.15, 0.2) is 76.1 Å². The van der Waals surface area contributed by atoms with Gasteiger partial charge in [-0.25, -0.2) is 8.42 Å². The molecule has 0 saturated heterocycles. The van der Waals surface area contributed by atoms with Crippen molar-refractivity contribution in [1.82, 2.24) is 0 Å². The molecule has 0 heterocycles. The molecule has 1 amide bonds. The van der Waals surface area contributed by atoms with Crippen LogP contribution in [0.1, 0.15) is 5.56 Å². The van der Waals surface area contributed by atoms with E-state index in [1.807, 2.05) is 6.07 Å². The third-order valence-electron chi connectivity index (χ3n) is 4.64. The van der Waals surface area contributed by atoms with Crippen molar-refractivity contribution in [3.63, 3.8) is 0 Å². The molecule has 3 rings (SSSR count). The Balaban J connectivity index is 2.02. The molecule has 0 saturated carbocycles. The first kappa shape index (κ1) is 23.6. The fourth-order valence-electron chi connectivity index (χ4n) is 3.06. The van der Waals surface area contributed by atoms with Gasteiger partial charge < -0.3 is 14.8 Å². The number of halogens is 1. The number of ether oxygens (including phenoxy) is 2. The van der Waals surface area contributed by atoms with Crippen LogP contribution in [-0.2, 0) is 14.8 Å². The van der Waals surface area contributed by atoms with Gasteiger partial charge in [-0.3, -0.25) is 9.10 Å². The summed E-state index contributed by atoms with van der Waals surface area (Å²) in [5.41, 5.74) is 1.61. The van der Waals surface area contributed by atoms with Crippen molar-refractivity contribution in [3.8, 4) is 11.5 Å². The molecule has 168 valence electrons. The van der Waals surface area contributed by atoms with E-state index in [2.05, 4.69) is 21.2 Å². The zero-order chi connectivity index (χ0) is 23.3. The molecule has 0 unspecified atom stereocenters. The normalized spacial score (nSPS) is 11.0. The van der Waals surface area contributed by atoms with Gasteiger partial charge in [-0.15, -0.1) is 0 Å². The van der Waals surface area contributed by atoms with Gasteiger partial charge in [0.25, 0.3) is 10.0 Å². The molecule has 3 aromatic carbocycles. The summed E-state index contributed by atoms with van der Waals surface area (Å²) in [6.45, 7) is 1.36. The average molecular weight is 519 g/mol. The van der Waals surface area contributed by atoms with Crippen LogP contribution in [-0.4, -0.2) is 35.1 Å². The first-order valence-electron chi connectivity index (χ1n) is 9.61. The number of carbonyl (C=O) groups excluding carboxylic acids is 1. The van der Waals surface area contributed by atoms with E-state index in [1.165, 1.54) is 20.3 Å². The average Bonchev–Trinajstić information content (AvgIpc) is 2.77. The Labute approximate surface area is 196 Å².